The smallest absolute Gasteiger partial charge is 0.243 e. The van der Waals surface area contributed by atoms with Gasteiger partial charge in [0.2, 0.25) is 10.0 Å². The zero-order chi connectivity index (χ0) is 17.3. The molecule has 1 saturated heterocycles. The molecule has 128 valence electrons. The number of rotatable bonds is 3. The molecule has 0 radical (unpaired) electrons. The van der Waals surface area contributed by atoms with Crippen molar-refractivity contribution < 1.29 is 21.9 Å². The lowest BCUT2D eigenvalue weighted by molar-refractivity contribution is -0.00443. The first-order chi connectivity index (χ1) is 11.4. The van der Waals surface area contributed by atoms with Gasteiger partial charge in [-0.25, -0.2) is 17.2 Å². The largest absolute Gasteiger partial charge is 0.371 e. The SMILES string of the molecule is Cc1cc(S(=O)(=O)N2CCOC(c3ccccc3F)C2)ccc1F. The molecule has 2 aromatic rings. The minimum absolute atomic E-state index is 0.0136. The van der Waals surface area contributed by atoms with Crippen molar-refractivity contribution in [1.82, 2.24) is 4.31 Å². The molecule has 2 aromatic carbocycles. The second-order valence-corrected chi connectivity index (χ2v) is 7.59. The molecule has 3 rings (SSSR count). The van der Waals surface area contributed by atoms with E-state index >= 15 is 0 Å². The summed E-state index contributed by atoms with van der Waals surface area (Å²) in [5, 5.41) is 0. The number of benzene rings is 2. The summed E-state index contributed by atoms with van der Waals surface area (Å²) in [6, 6.07) is 9.82. The molecule has 1 atom stereocenters. The molecule has 4 nitrogen and oxygen atoms in total. The van der Waals surface area contributed by atoms with E-state index < -0.39 is 27.8 Å². The van der Waals surface area contributed by atoms with E-state index in [4.69, 9.17) is 4.74 Å². The quantitative estimate of drug-likeness (QED) is 0.852. The summed E-state index contributed by atoms with van der Waals surface area (Å²) < 4.78 is 59.6. The van der Waals surface area contributed by atoms with Crippen molar-refractivity contribution >= 4 is 10.0 Å². The maximum absolute atomic E-state index is 13.9. The van der Waals surface area contributed by atoms with Gasteiger partial charge in [0.1, 0.15) is 11.6 Å². The van der Waals surface area contributed by atoms with Crippen LogP contribution in [-0.2, 0) is 14.8 Å². The Kier molecular flexibility index (Phi) is 4.67. The highest BCUT2D eigenvalue weighted by Crippen LogP contribution is 2.28. The van der Waals surface area contributed by atoms with Crippen LogP contribution in [-0.4, -0.2) is 32.4 Å². The Labute approximate surface area is 139 Å². The molecule has 24 heavy (non-hydrogen) atoms. The number of hydrogen-bond donors (Lipinski definition) is 0. The van der Waals surface area contributed by atoms with E-state index in [1.807, 2.05) is 0 Å². The van der Waals surface area contributed by atoms with Crippen LogP contribution in [0.15, 0.2) is 47.4 Å². The van der Waals surface area contributed by atoms with Gasteiger partial charge in [-0.1, -0.05) is 18.2 Å². The third kappa shape index (κ3) is 3.19. The summed E-state index contributed by atoms with van der Waals surface area (Å²) in [4.78, 5) is 0.0237. The lowest BCUT2D eigenvalue weighted by atomic mass is 10.1. The van der Waals surface area contributed by atoms with Gasteiger partial charge in [0.25, 0.3) is 0 Å². The maximum atomic E-state index is 13.9. The van der Waals surface area contributed by atoms with Crippen LogP contribution in [0, 0.1) is 18.6 Å². The van der Waals surface area contributed by atoms with Crippen molar-refractivity contribution in [2.45, 2.75) is 17.9 Å². The molecule has 0 bridgehead atoms. The van der Waals surface area contributed by atoms with Gasteiger partial charge in [0, 0.05) is 18.7 Å². The number of hydrogen-bond acceptors (Lipinski definition) is 3. The van der Waals surface area contributed by atoms with Crippen molar-refractivity contribution in [3.05, 3.63) is 65.2 Å². The molecular formula is C17H17F2NO3S. The van der Waals surface area contributed by atoms with Gasteiger partial charge in [-0.3, -0.25) is 0 Å². The van der Waals surface area contributed by atoms with E-state index in [9.17, 15) is 17.2 Å². The molecule has 0 saturated carbocycles. The highest BCUT2D eigenvalue weighted by atomic mass is 32.2. The van der Waals surface area contributed by atoms with Crippen LogP contribution < -0.4 is 0 Å². The van der Waals surface area contributed by atoms with Gasteiger partial charge in [-0.05, 0) is 36.8 Å². The van der Waals surface area contributed by atoms with Gasteiger partial charge < -0.3 is 4.74 Å². The minimum Gasteiger partial charge on any atom is -0.371 e. The predicted molar refractivity (Wildman–Crippen MR) is 85.0 cm³/mol. The minimum atomic E-state index is -3.79. The molecule has 0 aliphatic carbocycles. The monoisotopic (exact) mass is 353 g/mol. The first-order valence-electron chi connectivity index (χ1n) is 7.52. The third-order valence-corrected chi connectivity index (χ3v) is 5.91. The first-order valence-corrected chi connectivity index (χ1v) is 8.96. The van der Waals surface area contributed by atoms with Crippen LogP contribution in [0.1, 0.15) is 17.2 Å². The molecule has 1 heterocycles. The molecule has 0 aromatic heterocycles. The highest BCUT2D eigenvalue weighted by molar-refractivity contribution is 7.89. The van der Waals surface area contributed by atoms with Crippen LogP contribution >= 0.6 is 0 Å². The van der Waals surface area contributed by atoms with Gasteiger partial charge in [0.05, 0.1) is 17.6 Å². The molecule has 0 spiro atoms. The normalized spacial score (nSPS) is 19.4. The Hall–Kier alpha value is -1.83. The van der Waals surface area contributed by atoms with E-state index in [1.54, 1.807) is 18.2 Å². The van der Waals surface area contributed by atoms with E-state index in [-0.39, 0.29) is 30.2 Å². The fourth-order valence-electron chi connectivity index (χ4n) is 2.70. The van der Waals surface area contributed by atoms with Crippen molar-refractivity contribution in [1.29, 1.82) is 0 Å². The lowest BCUT2D eigenvalue weighted by Gasteiger charge is -2.32. The van der Waals surface area contributed by atoms with Gasteiger partial charge in [0.15, 0.2) is 0 Å². The Balaban J connectivity index is 1.88. The molecular weight excluding hydrogens is 336 g/mol. The molecule has 1 aliphatic heterocycles. The highest BCUT2D eigenvalue weighted by Gasteiger charge is 2.32. The van der Waals surface area contributed by atoms with Crippen molar-refractivity contribution in [2.24, 2.45) is 0 Å². The van der Waals surface area contributed by atoms with Crippen LogP contribution in [0.4, 0.5) is 8.78 Å². The predicted octanol–water partition coefficient (Wildman–Crippen LogP) is 3.04. The molecule has 1 aliphatic rings. The van der Waals surface area contributed by atoms with Crippen LogP contribution in [0.25, 0.3) is 0 Å². The van der Waals surface area contributed by atoms with Crippen LogP contribution in [0.5, 0.6) is 0 Å². The van der Waals surface area contributed by atoms with Gasteiger partial charge in [-0.2, -0.15) is 4.31 Å². The summed E-state index contributed by atoms with van der Waals surface area (Å²) in [7, 11) is -3.79. The number of aryl methyl sites for hydroxylation is 1. The average Bonchev–Trinajstić information content (AvgIpc) is 2.58. The Morgan fingerprint density at radius 3 is 2.58 bits per heavy atom. The zero-order valence-electron chi connectivity index (χ0n) is 13.1. The standard InChI is InChI=1S/C17H17F2NO3S/c1-12-10-13(6-7-15(12)18)24(21,22)20-8-9-23-17(11-20)14-4-2-3-5-16(14)19/h2-7,10,17H,8-9,11H2,1H3. The number of ether oxygens (including phenoxy) is 1. The zero-order valence-corrected chi connectivity index (χ0v) is 13.9. The summed E-state index contributed by atoms with van der Waals surface area (Å²) in [5.74, 6) is -0.889. The number of morpholine rings is 1. The molecule has 1 unspecified atom stereocenters. The van der Waals surface area contributed by atoms with Crippen LogP contribution in [0.2, 0.25) is 0 Å². The fourth-order valence-corrected chi connectivity index (χ4v) is 4.21. The topological polar surface area (TPSA) is 46.6 Å². The van der Waals surface area contributed by atoms with E-state index in [2.05, 4.69) is 0 Å². The molecule has 0 N–H and O–H groups in total. The number of nitrogens with zero attached hydrogens (tertiary/aromatic N) is 1. The lowest BCUT2D eigenvalue weighted by Crippen LogP contribution is -2.42. The van der Waals surface area contributed by atoms with Gasteiger partial charge in [-0.15, -0.1) is 0 Å². The second kappa shape index (κ2) is 6.58. The maximum Gasteiger partial charge on any atom is 0.243 e. The van der Waals surface area contributed by atoms with Crippen molar-refractivity contribution in [3.8, 4) is 0 Å². The van der Waals surface area contributed by atoms with E-state index in [0.717, 1.165) is 6.07 Å². The van der Waals surface area contributed by atoms with Crippen LogP contribution in [0.3, 0.4) is 0 Å². The average molecular weight is 353 g/mol. The number of halogens is 2. The third-order valence-electron chi connectivity index (χ3n) is 4.05. The Morgan fingerprint density at radius 1 is 1.12 bits per heavy atom. The second-order valence-electron chi connectivity index (χ2n) is 5.65. The fraction of sp³-hybridized carbons (Fsp3) is 0.294. The van der Waals surface area contributed by atoms with Gasteiger partial charge >= 0.3 is 0 Å². The molecule has 1 fully saturated rings. The summed E-state index contributed by atoms with van der Waals surface area (Å²) in [6.45, 7) is 1.86. The Morgan fingerprint density at radius 2 is 1.88 bits per heavy atom. The molecule has 0 amide bonds. The van der Waals surface area contributed by atoms with E-state index in [0.29, 0.717) is 5.56 Å². The first kappa shape index (κ1) is 17.0. The summed E-state index contributed by atoms with van der Waals surface area (Å²) in [5.41, 5.74) is 0.586. The van der Waals surface area contributed by atoms with Crippen molar-refractivity contribution in [2.75, 3.05) is 19.7 Å². The summed E-state index contributed by atoms with van der Waals surface area (Å²) >= 11 is 0. The summed E-state index contributed by atoms with van der Waals surface area (Å²) in [6.07, 6.45) is -0.670. The number of sulfonamides is 1. The molecule has 7 heteroatoms. The van der Waals surface area contributed by atoms with E-state index in [1.165, 1.54) is 29.4 Å². The Bertz CT molecular complexity index is 855. The van der Waals surface area contributed by atoms with Crippen molar-refractivity contribution in [3.63, 3.8) is 0 Å².